The minimum atomic E-state index is -0.846. The highest BCUT2D eigenvalue weighted by Gasteiger charge is 2.54. The number of piperidine rings is 1. The zero-order valence-corrected chi connectivity index (χ0v) is 22.8. The lowest BCUT2D eigenvalue weighted by atomic mass is 9.84. The van der Waals surface area contributed by atoms with Crippen LogP contribution in [0.15, 0.2) is 30.3 Å². The lowest BCUT2D eigenvalue weighted by Gasteiger charge is -2.55. The van der Waals surface area contributed by atoms with Crippen LogP contribution in [0.1, 0.15) is 65.9 Å². The van der Waals surface area contributed by atoms with Crippen LogP contribution in [0.3, 0.4) is 0 Å². The number of fused-ring (bicyclic) bond motifs is 1. The van der Waals surface area contributed by atoms with Crippen LogP contribution in [0.2, 0.25) is 0 Å². The molecule has 0 unspecified atom stereocenters. The maximum Gasteiger partial charge on any atom is 0.436 e. The van der Waals surface area contributed by atoms with Crippen molar-refractivity contribution in [2.45, 2.75) is 91.3 Å². The first kappa shape index (κ1) is 27.4. The number of carbonyl (C=O) groups is 3. The number of hydroxylamine groups is 2. The van der Waals surface area contributed by atoms with Crippen molar-refractivity contribution < 1.29 is 24.0 Å². The summed E-state index contributed by atoms with van der Waals surface area (Å²) in [4.78, 5) is 50.8. The van der Waals surface area contributed by atoms with E-state index in [2.05, 4.69) is 26.1 Å². The van der Waals surface area contributed by atoms with Gasteiger partial charge in [0.05, 0.1) is 6.54 Å². The largest absolute Gasteiger partial charge is 0.443 e. The summed E-state index contributed by atoms with van der Waals surface area (Å²) in [6.45, 7) is 12.2. The molecule has 0 aromatic heterocycles. The van der Waals surface area contributed by atoms with Gasteiger partial charge in [-0.25, -0.2) is 4.79 Å². The van der Waals surface area contributed by atoms with E-state index in [4.69, 9.17) is 9.57 Å². The topological polar surface area (TPSA) is 91.4 Å². The Bertz CT molecular complexity index is 957. The number of carbonyl (C=O) groups excluding carboxylic acids is 3. The molecule has 3 fully saturated rings. The quantitative estimate of drug-likeness (QED) is 0.625. The molecule has 0 saturated carbocycles. The predicted molar refractivity (Wildman–Crippen MR) is 139 cm³/mol. The van der Waals surface area contributed by atoms with E-state index < -0.39 is 24.4 Å². The molecule has 1 aromatic rings. The van der Waals surface area contributed by atoms with Crippen molar-refractivity contribution in [3.8, 4) is 0 Å². The van der Waals surface area contributed by atoms with Crippen molar-refractivity contribution in [1.29, 1.82) is 0 Å². The summed E-state index contributed by atoms with van der Waals surface area (Å²) in [5, 5.41) is 4.58. The predicted octanol–water partition coefficient (Wildman–Crippen LogP) is 3.54. The summed E-state index contributed by atoms with van der Waals surface area (Å²) in [6, 6.07) is 8.86. The van der Waals surface area contributed by atoms with Crippen molar-refractivity contribution in [3.05, 3.63) is 35.9 Å². The minimum Gasteiger partial charge on any atom is -0.443 e. The first-order valence-corrected chi connectivity index (χ1v) is 13.5. The maximum atomic E-state index is 14.0. The van der Waals surface area contributed by atoms with Crippen LogP contribution in [-0.2, 0) is 25.8 Å². The number of ether oxygens (including phenoxy) is 1. The summed E-state index contributed by atoms with van der Waals surface area (Å²) >= 11 is 0. The van der Waals surface area contributed by atoms with Gasteiger partial charge in [0.15, 0.2) is 12.3 Å². The fourth-order valence-corrected chi connectivity index (χ4v) is 5.51. The van der Waals surface area contributed by atoms with Crippen molar-refractivity contribution in [3.63, 3.8) is 0 Å². The molecule has 0 radical (unpaired) electrons. The number of benzene rings is 1. The Morgan fingerprint density at radius 2 is 1.78 bits per heavy atom. The number of nitrogens with zero attached hydrogens (tertiary/aromatic N) is 3. The van der Waals surface area contributed by atoms with E-state index in [0.29, 0.717) is 12.8 Å². The van der Waals surface area contributed by atoms with E-state index in [-0.39, 0.29) is 42.3 Å². The van der Waals surface area contributed by atoms with Crippen LogP contribution in [0.25, 0.3) is 0 Å². The Morgan fingerprint density at radius 1 is 1.11 bits per heavy atom. The molecule has 0 spiro atoms. The van der Waals surface area contributed by atoms with E-state index in [9.17, 15) is 14.4 Å². The van der Waals surface area contributed by atoms with Gasteiger partial charge in [0, 0.05) is 6.04 Å². The van der Waals surface area contributed by atoms with E-state index in [1.807, 2.05) is 49.1 Å². The highest BCUT2D eigenvalue weighted by Crippen LogP contribution is 2.36. The summed E-state index contributed by atoms with van der Waals surface area (Å²) in [5.41, 5.74) is 0.660. The summed E-state index contributed by atoms with van der Waals surface area (Å²) in [7, 11) is 0. The SMILES string of the molecule is CC(C)C[C@H]1ON(C(=O)OCc2ccccc2)[C@H]2CN(C3CCNCC3)C(=O)[C@H](CC(C)(C)C)N2C1=O. The van der Waals surface area contributed by atoms with Gasteiger partial charge in [-0.3, -0.25) is 14.4 Å². The first-order chi connectivity index (χ1) is 17.5. The third-order valence-electron chi connectivity index (χ3n) is 7.25. The van der Waals surface area contributed by atoms with Crippen molar-refractivity contribution in [2.75, 3.05) is 19.6 Å². The van der Waals surface area contributed by atoms with Gasteiger partial charge >= 0.3 is 6.09 Å². The molecule has 204 valence electrons. The number of hydrogen-bond acceptors (Lipinski definition) is 6. The van der Waals surface area contributed by atoms with Crippen LogP contribution < -0.4 is 5.32 Å². The van der Waals surface area contributed by atoms with Gasteiger partial charge in [0.25, 0.3) is 5.91 Å². The third kappa shape index (κ3) is 6.44. The minimum absolute atomic E-state index is 0.0331. The molecule has 3 aliphatic rings. The van der Waals surface area contributed by atoms with Gasteiger partial charge in [-0.2, -0.15) is 5.06 Å². The number of nitrogens with one attached hydrogen (secondary N) is 1. The molecule has 3 saturated heterocycles. The van der Waals surface area contributed by atoms with Gasteiger partial charge in [-0.05, 0) is 55.7 Å². The summed E-state index contributed by atoms with van der Waals surface area (Å²) in [6.07, 6.45) is 0.387. The summed E-state index contributed by atoms with van der Waals surface area (Å²) in [5.74, 6) is -0.0897. The molecule has 9 heteroatoms. The maximum absolute atomic E-state index is 14.0. The van der Waals surface area contributed by atoms with Gasteiger partial charge in [0.2, 0.25) is 5.91 Å². The van der Waals surface area contributed by atoms with E-state index >= 15 is 0 Å². The van der Waals surface area contributed by atoms with Crippen molar-refractivity contribution >= 4 is 17.9 Å². The van der Waals surface area contributed by atoms with Crippen LogP contribution in [0.4, 0.5) is 4.79 Å². The second kappa shape index (κ2) is 11.4. The Kier molecular flexibility index (Phi) is 8.43. The average Bonchev–Trinajstić information content (AvgIpc) is 2.85. The smallest absolute Gasteiger partial charge is 0.436 e. The molecule has 9 nitrogen and oxygen atoms in total. The summed E-state index contributed by atoms with van der Waals surface area (Å²) < 4.78 is 5.66. The monoisotopic (exact) mass is 514 g/mol. The highest BCUT2D eigenvalue weighted by atomic mass is 16.7. The molecule has 37 heavy (non-hydrogen) atoms. The molecular weight excluding hydrogens is 472 g/mol. The molecule has 4 rings (SSSR count). The highest BCUT2D eigenvalue weighted by molar-refractivity contribution is 5.92. The molecule has 3 aliphatic heterocycles. The lowest BCUT2D eigenvalue weighted by Crippen LogP contribution is -2.75. The third-order valence-corrected chi connectivity index (χ3v) is 7.25. The Hall–Kier alpha value is -2.65. The van der Waals surface area contributed by atoms with Crippen molar-refractivity contribution in [2.24, 2.45) is 11.3 Å². The molecular formula is C28H42N4O5. The molecule has 3 amide bonds. The fraction of sp³-hybridized carbons (Fsp3) is 0.679. The molecule has 0 bridgehead atoms. The lowest BCUT2D eigenvalue weighted by molar-refractivity contribution is -0.271. The second-order valence-corrected chi connectivity index (χ2v) is 12.1. The van der Waals surface area contributed by atoms with Gasteiger partial charge in [-0.15, -0.1) is 0 Å². The van der Waals surface area contributed by atoms with E-state index in [1.165, 1.54) is 5.06 Å². The molecule has 0 aliphatic carbocycles. The number of amides is 3. The normalized spacial score (nSPS) is 25.5. The zero-order valence-electron chi connectivity index (χ0n) is 22.8. The average molecular weight is 515 g/mol. The number of piperazine rings is 1. The Balaban J connectivity index is 1.66. The number of hydrogen-bond donors (Lipinski definition) is 1. The van der Waals surface area contributed by atoms with Gasteiger partial charge in [0.1, 0.15) is 12.6 Å². The fourth-order valence-electron chi connectivity index (χ4n) is 5.51. The second-order valence-electron chi connectivity index (χ2n) is 12.1. The Labute approximate surface area is 220 Å². The molecule has 3 heterocycles. The van der Waals surface area contributed by atoms with Gasteiger partial charge < -0.3 is 19.9 Å². The molecule has 1 N–H and O–H groups in total. The van der Waals surface area contributed by atoms with Crippen molar-refractivity contribution in [1.82, 2.24) is 20.2 Å². The van der Waals surface area contributed by atoms with Crippen LogP contribution in [0.5, 0.6) is 0 Å². The van der Waals surface area contributed by atoms with Crippen LogP contribution in [-0.4, -0.2) is 76.8 Å². The Morgan fingerprint density at radius 3 is 2.41 bits per heavy atom. The van der Waals surface area contributed by atoms with Crippen LogP contribution in [0, 0.1) is 11.3 Å². The van der Waals surface area contributed by atoms with Gasteiger partial charge in [-0.1, -0.05) is 65.0 Å². The standard InChI is InChI=1S/C28H42N4O5/c1-19(2)15-23-26(34)31-22(16-28(3,4)5)25(33)30(21-11-13-29-14-12-21)17-24(31)32(37-23)27(35)36-18-20-9-7-6-8-10-20/h6-10,19,21-24,29H,11-18H2,1-5H3/t22-,23+,24-/m0/s1. The molecule has 3 atom stereocenters. The number of rotatable bonds is 6. The van der Waals surface area contributed by atoms with E-state index in [1.54, 1.807) is 4.90 Å². The molecule has 1 aromatic carbocycles. The van der Waals surface area contributed by atoms with Crippen LogP contribution >= 0.6 is 0 Å². The van der Waals surface area contributed by atoms with E-state index in [0.717, 1.165) is 31.5 Å². The zero-order chi connectivity index (χ0) is 26.7. The first-order valence-electron chi connectivity index (χ1n) is 13.5.